The lowest BCUT2D eigenvalue weighted by Crippen LogP contribution is -2.14. The molecule has 1 nitrogen and oxygen atoms in total. The summed E-state index contributed by atoms with van der Waals surface area (Å²) in [4.78, 5) is 0. The summed E-state index contributed by atoms with van der Waals surface area (Å²) in [6.07, 6.45) is 0.493. The molecular formula is C16H17F2N. The van der Waals surface area contributed by atoms with Gasteiger partial charge in [0.15, 0.2) is 0 Å². The van der Waals surface area contributed by atoms with Crippen LogP contribution in [0.1, 0.15) is 28.3 Å². The number of nitrogens with two attached hydrogens (primary N) is 1. The first-order valence-electron chi connectivity index (χ1n) is 6.23. The summed E-state index contributed by atoms with van der Waals surface area (Å²) >= 11 is 0. The van der Waals surface area contributed by atoms with Gasteiger partial charge in [-0.25, -0.2) is 8.78 Å². The van der Waals surface area contributed by atoms with E-state index >= 15 is 0 Å². The lowest BCUT2D eigenvalue weighted by Gasteiger charge is -2.15. The maximum atomic E-state index is 13.4. The van der Waals surface area contributed by atoms with Crippen molar-refractivity contribution in [3.8, 4) is 0 Å². The molecule has 3 heteroatoms. The summed E-state index contributed by atoms with van der Waals surface area (Å²) in [5.41, 5.74) is 9.51. The molecule has 100 valence electrons. The molecule has 2 rings (SSSR count). The maximum Gasteiger partial charge on any atom is 0.123 e. The number of hydrogen-bond donors (Lipinski definition) is 1. The Kier molecular flexibility index (Phi) is 3.96. The van der Waals surface area contributed by atoms with Gasteiger partial charge in [0, 0.05) is 6.04 Å². The minimum atomic E-state index is -0.338. The molecular weight excluding hydrogens is 244 g/mol. The van der Waals surface area contributed by atoms with Crippen LogP contribution in [0.2, 0.25) is 0 Å². The van der Waals surface area contributed by atoms with Crippen molar-refractivity contribution < 1.29 is 8.78 Å². The summed E-state index contributed by atoms with van der Waals surface area (Å²) in [5.74, 6) is -0.565. The lowest BCUT2D eigenvalue weighted by molar-refractivity contribution is 0.612. The van der Waals surface area contributed by atoms with Crippen LogP contribution in [0.15, 0.2) is 36.4 Å². The van der Waals surface area contributed by atoms with Crippen LogP contribution in [0.5, 0.6) is 0 Å². The van der Waals surface area contributed by atoms with Crippen LogP contribution in [0.4, 0.5) is 8.78 Å². The first kappa shape index (κ1) is 13.7. The fourth-order valence-electron chi connectivity index (χ4n) is 2.19. The number of halogens is 2. The number of rotatable bonds is 3. The van der Waals surface area contributed by atoms with Gasteiger partial charge < -0.3 is 5.73 Å². The van der Waals surface area contributed by atoms with Crippen LogP contribution < -0.4 is 5.73 Å². The van der Waals surface area contributed by atoms with Gasteiger partial charge in [-0.05, 0) is 66.8 Å². The Morgan fingerprint density at radius 2 is 1.74 bits per heavy atom. The van der Waals surface area contributed by atoms with Gasteiger partial charge in [-0.2, -0.15) is 0 Å². The van der Waals surface area contributed by atoms with Crippen molar-refractivity contribution in [1.29, 1.82) is 0 Å². The summed E-state index contributed by atoms with van der Waals surface area (Å²) in [6.45, 7) is 3.74. The smallest absolute Gasteiger partial charge is 0.123 e. The molecule has 0 fully saturated rings. The van der Waals surface area contributed by atoms with Crippen molar-refractivity contribution in [2.24, 2.45) is 5.73 Å². The zero-order chi connectivity index (χ0) is 14.0. The van der Waals surface area contributed by atoms with E-state index in [9.17, 15) is 8.78 Å². The van der Waals surface area contributed by atoms with Gasteiger partial charge in [-0.3, -0.25) is 0 Å². The van der Waals surface area contributed by atoms with E-state index in [-0.39, 0.29) is 17.7 Å². The van der Waals surface area contributed by atoms with Crippen LogP contribution >= 0.6 is 0 Å². The highest BCUT2D eigenvalue weighted by atomic mass is 19.1. The molecule has 0 aliphatic heterocycles. The normalized spacial score (nSPS) is 12.5. The topological polar surface area (TPSA) is 26.0 Å². The average molecular weight is 261 g/mol. The van der Waals surface area contributed by atoms with Crippen molar-refractivity contribution >= 4 is 0 Å². The molecule has 0 spiro atoms. The first-order valence-corrected chi connectivity index (χ1v) is 6.23. The van der Waals surface area contributed by atoms with E-state index in [0.29, 0.717) is 6.42 Å². The van der Waals surface area contributed by atoms with Crippen LogP contribution in [0.25, 0.3) is 0 Å². The fraction of sp³-hybridized carbons (Fsp3) is 0.250. The second kappa shape index (κ2) is 5.49. The molecule has 0 aliphatic carbocycles. The van der Waals surface area contributed by atoms with Crippen molar-refractivity contribution in [3.05, 3.63) is 70.3 Å². The Morgan fingerprint density at radius 1 is 1.00 bits per heavy atom. The van der Waals surface area contributed by atoms with Crippen LogP contribution in [-0.2, 0) is 6.42 Å². The van der Waals surface area contributed by atoms with Crippen LogP contribution in [-0.4, -0.2) is 0 Å². The highest BCUT2D eigenvalue weighted by molar-refractivity contribution is 5.31. The van der Waals surface area contributed by atoms with Crippen molar-refractivity contribution in [2.75, 3.05) is 0 Å². The van der Waals surface area contributed by atoms with Gasteiger partial charge in [-0.1, -0.05) is 12.1 Å². The Morgan fingerprint density at radius 3 is 2.42 bits per heavy atom. The number of benzene rings is 2. The molecule has 0 saturated carbocycles. The van der Waals surface area contributed by atoms with Gasteiger partial charge in [0.1, 0.15) is 11.6 Å². The monoisotopic (exact) mass is 261 g/mol. The van der Waals surface area contributed by atoms with Crippen LogP contribution in [0, 0.1) is 25.5 Å². The van der Waals surface area contributed by atoms with Gasteiger partial charge in [0.25, 0.3) is 0 Å². The van der Waals surface area contributed by atoms with Crippen molar-refractivity contribution in [3.63, 3.8) is 0 Å². The Balaban J connectivity index is 2.25. The minimum Gasteiger partial charge on any atom is -0.324 e. The predicted octanol–water partition coefficient (Wildman–Crippen LogP) is 3.82. The zero-order valence-corrected chi connectivity index (χ0v) is 11.1. The van der Waals surface area contributed by atoms with E-state index in [0.717, 1.165) is 22.3 Å². The summed E-state index contributed by atoms with van der Waals surface area (Å²) in [6, 6.07) is 9.07. The van der Waals surface area contributed by atoms with E-state index in [4.69, 9.17) is 5.73 Å². The van der Waals surface area contributed by atoms with Gasteiger partial charge >= 0.3 is 0 Å². The summed E-state index contributed by atoms with van der Waals surface area (Å²) < 4.78 is 26.6. The van der Waals surface area contributed by atoms with E-state index in [1.807, 2.05) is 19.9 Å². The SMILES string of the molecule is Cc1cc(F)cc(C(N)Cc2cc(F)ccc2C)c1. The Hall–Kier alpha value is -1.74. The number of hydrogen-bond acceptors (Lipinski definition) is 1. The molecule has 2 N–H and O–H groups in total. The van der Waals surface area contributed by atoms with Crippen molar-refractivity contribution in [2.45, 2.75) is 26.3 Å². The predicted molar refractivity (Wildman–Crippen MR) is 72.9 cm³/mol. The third-order valence-electron chi connectivity index (χ3n) is 3.24. The molecule has 1 atom stereocenters. The molecule has 2 aromatic carbocycles. The Labute approximate surface area is 112 Å². The fourth-order valence-corrected chi connectivity index (χ4v) is 2.19. The molecule has 0 aromatic heterocycles. The molecule has 19 heavy (non-hydrogen) atoms. The highest BCUT2D eigenvalue weighted by Crippen LogP contribution is 2.21. The quantitative estimate of drug-likeness (QED) is 0.893. The first-order chi connectivity index (χ1) is 8.95. The second-order valence-corrected chi connectivity index (χ2v) is 4.94. The zero-order valence-electron chi connectivity index (χ0n) is 11.1. The van der Waals surface area contributed by atoms with Gasteiger partial charge in [0.2, 0.25) is 0 Å². The molecule has 0 radical (unpaired) electrons. The average Bonchev–Trinajstić information content (AvgIpc) is 2.32. The highest BCUT2D eigenvalue weighted by Gasteiger charge is 2.11. The molecule has 0 amide bonds. The third kappa shape index (κ3) is 3.38. The van der Waals surface area contributed by atoms with E-state index in [1.165, 1.54) is 24.3 Å². The Bertz CT molecular complexity index is 573. The summed E-state index contributed by atoms with van der Waals surface area (Å²) in [7, 11) is 0. The second-order valence-electron chi connectivity index (χ2n) is 4.94. The largest absolute Gasteiger partial charge is 0.324 e. The van der Waals surface area contributed by atoms with E-state index in [2.05, 4.69) is 0 Å². The standard InChI is InChI=1S/C16H17F2N/c1-10-5-13(8-15(18)6-10)16(19)9-12-7-14(17)4-3-11(12)2/h3-8,16H,9,19H2,1-2H3. The molecule has 0 heterocycles. The number of aryl methyl sites for hydroxylation is 2. The molecule has 0 bridgehead atoms. The van der Waals surface area contributed by atoms with Crippen molar-refractivity contribution in [1.82, 2.24) is 0 Å². The third-order valence-corrected chi connectivity index (χ3v) is 3.24. The van der Waals surface area contributed by atoms with Gasteiger partial charge in [0.05, 0.1) is 0 Å². The lowest BCUT2D eigenvalue weighted by atomic mass is 9.96. The molecule has 0 aliphatic rings. The molecule has 1 unspecified atom stereocenters. The molecule has 0 saturated heterocycles. The van der Waals surface area contributed by atoms with Crippen LogP contribution in [0.3, 0.4) is 0 Å². The van der Waals surface area contributed by atoms with E-state index in [1.54, 1.807) is 6.07 Å². The molecule has 2 aromatic rings. The summed E-state index contributed by atoms with van der Waals surface area (Å²) in [5, 5.41) is 0. The van der Waals surface area contributed by atoms with E-state index < -0.39 is 0 Å². The minimum absolute atomic E-state index is 0.275. The maximum absolute atomic E-state index is 13.4. The van der Waals surface area contributed by atoms with Gasteiger partial charge in [-0.15, -0.1) is 0 Å².